The third-order valence-corrected chi connectivity index (χ3v) is 7.26. The molecule has 0 aromatic heterocycles. The van der Waals surface area contributed by atoms with E-state index in [1.54, 1.807) is 29.2 Å². The largest absolute Gasteiger partial charge is 0.497 e. The van der Waals surface area contributed by atoms with Gasteiger partial charge in [0.2, 0.25) is 10.0 Å². The second-order valence-electron chi connectivity index (χ2n) is 7.53. The first-order valence-corrected chi connectivity index (χ1v) is 11.2. The van der Waals surface area contributed by atoms with Crippen molar-refractivity contribution in [2.24, 2.45) is 0 Å². The van der Waals surface area contributed by atoms with Gasteiger partial charge in [0.15, 0.2) is 0 Å². The second kappa shape index (κ2) is 8.25. The minimum absolute atomic E-state index is 0.200. The molecule has 2 aromatic rings. The fraction of sp³-hybridized carbons (Fsp3) is 0.381. The number of para-hydroxylation sites is 1. The Morgan fingerprint density at radius 3 is 2.27 bits per heavy atom. The lowest BCUT2D eigenvalue weighted by molar-refractivity contribution is -0.110. The van der Waals surface area contributed by atoms with E-state index < -0.39 is 10.0 Å². The fourth-order valence-corrected chi connectivity index (χ4v) is 5.32. The number of carbonyl (C=O) groups is 1. The molecule has 2 fully saturated rings. The van der Waals surface area contributed by atoms with E-state index in [0.29, 0.717) is 18.8 Å². The zero-order valence-electron chi connectivity index (χ0n) is 16.9. The van der Waals surface area contributed by atoms with Crippen LogP contribution in [0.1, 0.15) is 5.56 Å². The Bertz CT molecular complexity index is 1010. The Kier molecular flexibility index (Phi) is 5.68. The minimum Gasteiger partial charge on any atom is -0.497 e. The monoisotopic (exact) mass is 431 g/mol. The zero-order valence-corrected chi connectivity index (χ0v) is 17.8. The molecule has 2 aromatic carbocycles. The first-order chi connectivity index (χ1) is 14.4. The quantitative estimate of drug-likeness (QED) is 0.803. The number of aryl methyl sites for hydroxylation is 1. The SMILES string of the molecule is COc1ccc(S(=O)(=O)N2C[C@H]3CN(C(=O)Nc4ccccc4C)C[C@@H](C2)O3)cc1. The highest BCUT2D eigenvalue weighted by Crippen LogP contribution is 2.26. The third-order valence-electron chi connectivity index (χ3n) is 5.42. The summed E-state index contributed by atoms with van der Waals surface area (Å²) in [6.07, 6.45) is -0.735. The van der Waals surface area contributed by atoms with Crippen molar-refractivity contribution in [3.8, 4) is 5.75 Å². The van der Waals surface area contributed by atoms with Gasteiger partial charge < -0.3 is 19.7 Å². The van der Waals surface area contributed by atoms with Gasteiger partial charge in [-0.15, -0.1) is 0 Å². The number of fused-ring (bicyclic) bond motifs is 2. The lowest BCUT2D eigenvalue weighted by Crippen LogP contribution is -2.61. The van der Waals surface area contributed by atoms with Crippen LogP contribution in [0.15, 0.2) is 53.4 Å². The van der Waals surface area contributed by atoms with E-state index in [0.717, 1.165) is 11.3 Å². The van der Waals surface area contributed by atoms with Gasteiger partial charge in [-0.25, -0.2) is 13.2 Å². The molecular weight excluding hydrogens is 406 g/mol. The highest BCUT2D eigenvalue weighted by atomic mass is 32.2. The maximum Gasteiger partial charge on any atom is 0.322 e. The van der Waals surface area contributed by atoms with Crippen molar-refractivity contribution in [3.63, 3.8) is 0 Å². The molecule has 0 saturated carbocycles. The van der Waals surface area contributed by atoms with Gasteiger partial charge in [0.1, 0.15) is 5.75 Å². The standard InChI is InChI=1S/C21H25N3O5S/c1-15-5-3-4-6-20(15)22-21(25)23-11-17-13-24(14-18(12-23)29-17)30(26,27)19-9-7-16(28-2)8-10-19/h3-10,17-18H,11-14H2,1-2H3,(H,22,25)/t17-,18+. The van der Waals surface area contributed by atoms with Gasteiger partial charge in [0.25, 0.3) is 0 Å². The molecule has 0 aliphatic carbocycles. The van der Waals surface area contributed by atoms with E-state index in [1.165, 1.54) is 11.4 Å². The number of rotatable bonds is 4. The molecule has 0 radical (unpaired) electrons. The molecule has 160 valence electrons. The summed E-state index contributed by atoms with van der Waals surface area (Å²) in [6.45, 7) is 3.02. The molecule has 0 unspecified atom stereocenters. The highest BCUT2D eigenvalue weighted by Gasteiger charge is 2.41. The van der Waals surface area contributed by atoms with E-state index in [4.69, 9.17) is 9.47 Å². The number of anilines is 1. The highest BCUT2D eigenvalue weighted by molar-refractivity contribution is 7.89. The summed E-state index contributed by atoms with van der Waals surface area (Å²) in [5.74, 6) is 0.600. The molecule has 2 aliphatic rings. The number of nitrogens with zero attached hydrogens (tertiary/aromatic N) is 2. The minimum atomic E-state index is -3.64. The first kappa shape index (κ1) is 20.6. The molecule has 30 heavy (non-hydrogen) atoms. The molecule has 4 rings (SSSR count). The number of hydrogen-bond donors (Lipinski definition) is 1. The van der Waals surface area contributed by atoms with Crippen molar-refractivity contribution in [2.45, 2.75) is 24.0 Å². The molecular formula is C21H25N3O5S. The van der Waals surface area contributed by atoms with E-state index in [-0.39, 0.29) is 36.2 Å². The van der Waals surface area contributed by atoms with Crippen LogP contribution >= 0.6 is 0 Å². The van der Waals surface area contributed by atoms with Crippen LogP contribution in [0.4, 0.5) is 10.5 Å². The van der Waals surface area contributed by atoms with Gasteiger partial charge in [-0.1, -0.05) is 18.2 Å². The third kappa shape index (κ3) is 4.14. The number of nitrogens with one attached hydrogen (secondary N) is 1. The molecule has 1 N–H and O–H groups in total. The summed E-state index contributed by atoms with van der Waals surface area (Å²) >= 11 is 0. The number of benzene rings is 2. The van der Waals surface area contributed by atoms with E-state index in [1.807, 2.05) is 31.2 Å². The lowest BCUT2D eigenvalue weighted by Gasteiger charge is -2.45. The number of urea groups is 1. The Morgan fingerprint density at radius 2 is 1.67 bits per heavy atom. The maximum atomic E-state index is 13.0. The number of carbonyl (C=O) groups excluding carboxylic acids is 1. The number of sulfonamides is 1. The average molecular weight is 432 g/mol. The summed E-state index contributed by atoms with van der Waals surface area (Å²) in [6, 6.07) is 13.7. The average Bonchev–Trinajstić information content (AvgIpc) is 2.74. The van der Waals surface area contributed by atoms with Crippen molar-refractivity contribution in [2.75, 3.05) is 38.6 Å². The number of hydrogen-bond acceptors (Lipinski definition) is 5. The Hall–Kier alpha value is -2.62. The van der Waals surface area contributed by atoms with Gasteiger partial charge in [-0.3, -0.25) is 0 Å². The number of methoxy groups -OCH3 is 1. The van der Waals surface area contributed by atoms with Gasteiger partial charge >= 0.3 is 6.03 Å². The van der Waals surface area contributed by atoms with Crippen LogP contribution in [-0.4, -0.2) is 69.2 Å². The van der Waals surface area contributed by atoms with E-state index in [9.17, 15) is 13.2 Å². The fourth-order valence-electron chi connectivity index (χ4n) is 3.82. The molecule has 2 saturated heterocycles. The van der Waals surface area contributed by atoms with Crippen LogP contribution in [0, 0.1) is 6.92 Å². The lowest BCUT2D eigenvalue weighted by atomic mass is 10.1. The van der Waals surface area contributed by atoms with Crippen molar-refractivity contribution in [1.29, 1.82) is 0 Å². The van der Waals surface area contributed by atoms with Gasteiger partial charge in [-0.05, 0) is 42.8 Å². The van der Waals surface area contributed by atoms with Crippen molar-refractivity contribution >= 4 is 21.7 Å². The smallest absolute Gasteiger partial charge is 0.322 e. The van der Waals surface area contributed by atoms with E-state index >= 15 is 0 Å². The van der Waals surface area contributed by atoms with Gasteiger partial charge in [0, 0.05) is 18.8 Å². The predicted molar refractivity (Wildman–Crippen MR) is 112 cm³/mol. The van der Waals surface area contributed by atoms with Gasteiger partial charge in [0.05, 0.1) is 37.3 Å². The normalized spacial score (nSPS) is 21.9. The summed E-state index contributed by atoms with van der Waals surface area (Å²) in [5.41, 5.74) is 1.75. The maximum absolute atomic E-state index is 13.0. The summed E-state index contributed by atoms with van der Waals surface area (Å²) in [4.78, 5) is 14.6. The molecule has 2 amide bonds. The Morgan fingerprint density at radius 1 is 1.03 bits per heavy atom. The first-order valence-electron chi connectivity index (χ1n) is 9.78. The summed E-state index contributed by atoms with van der Waals surface area (Å²) in [5, 5.41) is 2.94. The van der Waals surface area contributed by atoms with Crippen LogP contribution in [0.3, 0.4) is 0 Å². The Labute approximate surface area is 176 Å². The zero-order chi connectivity index (χ0) is 21.3. The predicted octanol–water partition coefficient (Wildman–Crippen LogP) is 2.31. The van der Waals surface area contributed by atoms with Crippen molar-refractivity contribution < 1.29 is 22.7 Å². The van der Waals surface area contributed by atoms with Crippen LogP contribution < -0.4 is 10.1 Å². The summed E-state index contributed by atoms with van der Waals surface area (Å²) < 4.78 is 38.6. The topological polar surface area (TPSA) is 88.2 Å². The number of ether oxygens (including phenoxy) is 2. The van der Waals surface area contributed by atoms with Crippen LogP contribution in [0.5, 0.6) is 5.75 Å². The molecule has 8 nitrogen and oxygen atoms in total. The molecule has 2 atom stereocenters. The molecule has 2 heterocycles. The Balaban J connectivity index is 1.43. The second-order valence-corrected chi connectivity index (χ2v) is 9.47. The van der Waals surface area contributed by atoms with E-state index in [2.05, 4.69) is 5.32 Å². The van der Waals surface area contributed by atoms with Crippen molar-refractivity contribution in [1.82, 2.24) is 9.21 Å². The molecule has 9 heteroatoms. The molecule has 2 bridgehead atoms. The van der Waals surface area contributed by atoms with Crippen molar-refractivity contribution in [3.05, 3.63) is 54.1 Å². The van der Waals surface area contributed by atoms with Crippen LogP contribution in [0.2, 0.25) is 0 Å². The number of amides is 2. The molecule has 2 aliphatic heterocycles. The number of morpholine rings is 2. The summed E-state index contributed by atoms with van der Waals surface area (Å²) in [7, 11) is -2.11. The van der Waals surface area contributed by atoms with Crippen LogP contribution in [0.25, 0.3) is 0 Å². The van der Waals surface area contributed by atoms with Crippen LogP contribution in [-0.2, 0) is 14.8 Å². The molecule has 0 spiro atoms. The van der Waals surface area contributed by atoms with Gasteiger partial charge in [-0.2, -0.15) is 4.31 Å².